The normalized spacial score (nSPS) is 11.8. The van der Waals surface area contributed by atoms with Crippen LogP contribution in [0.4, 0.5) is 0 Å². The summed E-state index contributed by atoms with van der Waals surface area (Å²) in [6, 6.07) is 13.4. The van der Waals surface area contributed by atoms with E-state index in [2.05, 4.69) is 31.3 Å². The third kappa shape index (κ3) is 5.34. The minimum atomic E-state index is -3.56. The number of benzene rings is 2. The van der Waals surface area contributed by atoms with Gasteiger partial charge in [-0.05, 0) is 42.0 Å². The number of halogens is 1. The summed E-state index contributed by atoms with van der Waals surface area (Å²) in [6.07, 6.45) is 2.97. The zero-order valence-corrected chi connectivity index (χ0v) is 21.5. The maximum absolute atomic E-state index is 12.9. The van der Waals surface area contributed by atoms with E-state index in [4.69, 9.17) is 0 Å². The van der Waals surface area contributed by atoms with Gasteiger partial charge < -0.3 is 5.32 Å². The standard InChI is InChI=1S/C23H23BrN6O4S/c1-28(2)35(33,34)19-9-5-17(6-10-19)22(31)25-11-12-30-21-20(13-27-30)23(32)29(15-26-21)14-16-3-7-18(24)8-4-16/h3-10,13,15H,11-12,14H2,1-2H3,(H,25,31). The molecule has 0 aliphatic carbocycles. The van der Waals surface area contributed by atoms with E-state index in [0.29, 0.717) is 29.7 Å². The Balaban J connectivity index is 1.40. The molecule has 1 N–H and O–H groups in total. The van der Waals surface area contributed by atoms with Gasteiger partial charge in [0.2, 0.25) is 10.0 Å². The van der Waals surface area contributed by atoms with Crippen LogP contribution in [0.15, 0.2) is 75.2 Å². The lowest BCUT2D eigenvalue weighted by Gasteiger charge is -2.11. The molecule has 4 aromatic rings. The van der Waals surface area contributed by atoms with Crippen LogP contribution < -0.4 is 10.9 Å². The van der Waals surface area contributed by atoms with Gasteiger partial charge in [-0.25, -0.2) is 22.4 Å². The Kier molecular flexibility index (Phi) is 7.15. The van der Waals surface area contributed by atoms with E-state index in [0.717, 1.165) is 14.3 Å². The minimum Gasteiger partial charge on any atom is -0.350 e. The summed E-state index contributed by atoms with van der Waals surface area (Å²) in [5.74, 6) is -0.347. The molecule has 0 radical (unpaired) electrons. The molecule has 4 rings (SSSR count). The lowest BCUT2D eigenvalue weighted by atomic mass is 10.2. The van der Waals surface area contributed by atoms with Crippen molar-refractivity contribution in [1.82, 2.24) is 29.0 Å². The zero-order chi connectivity index (χ0) is 25.2. The molecule has 0 bridgehead atoms. The highest BCUT2D eigenvalue weighted by Gasteiger charge is 2.17. The summed E-state index contributed by atoms with van der Waals surface area (Å²) in [6.45, 7) is 0.952. The number of amides is 1. The third-order valence-electron chi connectivity index (χ3n) is 5.39. The van der Waals surface area contributed by atoms with Gasteiger partial charge in [0.1, 0.15) is 11.7 Å². The number of aromatic nitrogens is 4. The first kappa shape index (κ1) is 24.8. The average molecular weight is 559 g/mol. The molecule has 0 saturated heterocycles. The second-order valence-corrected chi connectivity index (χ2v) is 11.0. The van der Waals surface area contributed by atoms with Crippen molar-refractivity contribution in [1.29, 1.82) is 0 Å². The second kappa shape index (κ2) is 10.1. The van der Waals surface area contributed by atoms with Crippen LogP contribution in [0.25, 0.3) is 11.0 Å². The summed E-state index contributed by atoms with van der Waals surface area (Å²) in [5.41, 5.74) is 1.55. The first-order valence-corrected chi connectivity index (χ1v) is 12.9. The van der Waals surface area contributed by atoms with E-state index < -0.39 is 10.0 Å². The fourth-order valence-electron chi connectivity index (χ4n) is 3.43. The van der Waals surface area contributed by atoms with Gasteiger partial charge in [-0.2, -0.15) is 5.10 Å². The molecule has 2 aromatic carbocycles. The van der Waals surface area contributed by atoms with Crippen LogP contribution in [-0.2, 0) is 23.1 Å². The predicted molar refractivity (Wildman–Crippen MR) is 135 cm³/mol. The zero-order valence-electron chi connectivity index (χ0n) is 19.1. The molecule has 1 amide bonds. The van der Waals surface area contributed by atoms with Crippen molar-refractivity contribution in [3.8, 4) is 0 Å². The van der Waals surface area contributed by atoms with E-state index >= 15 is 0 Å². The smallest absolute Gasteiger partial charge is 0.264 e. The van der Waals surface area contributed by atoms with Gasteiger partial charge in [0.15, 0.2) is 5.65 Å². The highest BCUT2D eigenvalue weighted by molar-refractivity contribution is 9.10. The molecule has 12 heteroatoms. The Morgan fingerprint density at radius 3 is 2.43 bits per heavy atom. The number of carbonyl (C=O) groups excluding carboxylic acids is 1. The highest BCUT2D eigenvalue weighted by Crippen LogP contribution is 2.14. The van der Waals surface area contributed by atoms with Gasteiger partial charge in [0.05, 0.1) is 24.2 Å². The molecule has 0 saturated carbocycles. The molecular formula is C23H23BrN6O4S. The summed E-state index contributed by atoms with van der Waals surface area (Å²) >= 11 is 3.40. The number of sulfonamides is 1. The van der Waals surface area contributed by atoms with Gasteiger partial charge in [-0.1, -0.05) is 28.1 Å². The molecule has 0 atom stereocenters. The molecule has 0 fully saturated rings. The van der Waals surface area contributed by atoms with Crippen molar-refractivity contribution in [2.75, 3.05) is 20.6 Å². The van der Waals surface area contributed by atoms with Crippen molar-refractivity contribution < 1.29 is 13.2 Å². The van der Waals surface area contributed by atoms with Crippen LogP contribution >= 0.6 is 15.9 Å². The van der Waals surface area contributed by atoms with Crippen molar-refractivity contribution in [2.45, 2.75) is 18.0 Å². The number of fused-ring (bicyclic) bond motifs is 1. The number of carbonyl (C=O) groups is 1. The Bertz CT molecular complexity index is 1530. The summed E-state index contributed by atoms with van der Waals surface area (Å²) in [7, 11) is -0.667. The number of rotatable bonds is 8. The number of nitrogens with one attached hydrogen (secondary N) is 1. The lowest BCUT2D eigenvalue weighted by Crippen LogP contribution is -2.28. The van der Waals surface area contributed by atoms with Crippen LogP contribution in [0.3, 0.4) is 0 Å². The van der Waals surface area contributed by atoms with Gasteiger partial charge in [0.25, 0.3) is 11.5 Å². The Hall–Kier alpha value is -3.35. The van der Waals surface area contributed by atoms with Gasteiger partial charge >= 0.3 is 0 Å². The minimum absolute atomic E-state index is 0.110. The number of hydrogen-bond donors (Lipinski definition) is 1. The third-order valence-corrected chi connectivity index (χ3v) is 7.75. The van der Waals surface area contributed by atoms with E-state index in [-0.39, 0.29) is 22.9 Å². The van der Waals surface area contributed by atoms with Crippen molar-refractivity contribution in [2.24, 2.45) is 0 Å². The molecule has 10 nitrogen and oxygen atoms in total. The molecular weight excluding hydrogens is 536 g/mol. The van der Waals surface area contributed by atoms with E-state index in [1.165, 1.54) is 55.5 Å². The lowest BCUT2D eigenvalue weighted by molar-refractivity contribution is 0.0952. The fourth-order valence-corrected chi connectivity index (χ4v) is 4.59. The fraction of sp³-hybridized carbons (Fsp3) is 0.217. The van der Waals surface area contributed by atoms with E-state index in [1.807, 2.05) is 24.3 Å². The quantitative estimate of drug-likeness (QED) is 0.353. The molecule has 0 aliphatic rings. The van der Waals surface area contributed by atoms with Crippen LogP contribution in [0, 0.1) is 0 Å². The Morgan fingerprint density at radius 2 is 1.77 bits per heavy atom. The van der Waals surface area contributed by atoms with Crippen molar-refractivity contribution in [3.05, 3.63) is 87.0 Å². The van der Waals surface area contributed by atoms with Crippen LogP contribution in [-0.4, -0.2) is 58.6 Å². The summed E-state index contributed by atoms with van der Waals surface area (Å²) < 4.78 is 29.5. The van der Waals surface area contributed by atoms with Crippen LogP contribution in [0.2, 0.25) is 0 Å². The van der Waals surface area contributed by atoms with Gasteiger partial charge in [-0.3, -0.25) is 14.2 Å². The SMILES string of the molecule is CN(C)S(=O)(=O)c1ccc(C(=O)NCCn2ncc3c(=O)n(Cc4ccc(Br)cc4)cnc32)cc1. The predicted octanol–water partition coefficient (Wildman–Crippen LogP) is 2.08. The van der Waals surface area contributed by atoms with E-state index in [9.17, 15) is 18.0 Å². The first-order chi connectivity index (χ1) is 16.7. The topological polar surface area (TPSA) is 119 Å². The molecule has 0 unspecified atom stereocenters. The largest absolute Gasteiger partial charge is 0.350 e. The van der Waals surface area contributed by atoms with Crippen molar-refractivity contribution >= 4 is 42.9 Å². The van der Waals surface area contributed by atoms with Crippen LogP contribution in [0.1, 0.15) is 15.9 Å². The Labute approximate surface area is 210 Å². The highest BCUT2D eigenvalue weighted by atomic mass is 79.9. The molecule has 35 heavy (non-hydrogen) atoms. The number of nitrogens with zero attached hydrogens (tertiary/aromatic N) is 5. The summed E-state index contributed by atoms with van der Waals surface area (Å²) in [4.78, 5) is 29.8. The first-order valence-electron chi connectivity index (χ1n) is 10.6. The monoisotopic (exact) mass is 558 g/mol. The molecule has 0 spiro atoms. The molecule has 182 valence electrons. The van der Waals surface area contributed by atoms with E-state index in [1.54, 1.807) is 4.68 Å². The molecule has 2 aromatic heterocycles. The van der Waals surface area contributed by atoms with Gasteiger partial charge in [-0.15, -0.1) is 0 Å². The Morgan fingerprint density at radius 1 is 1.09 bits per heavy atom. The van der Waals surface area contributed by atoms with Crippen molar-refractivity contribution in [3.63, 3.8) is 0 Å². The maximum atomic E-state index is 12.9. The molecule has 2 heterocycles. The number of hydrogen-bond acceptors (Lipinski definition) is 6. The molecule has 0 aliphatic heterocycles. The maximum Gasteiger partial charge on any atom is 0.264 e. The second-order valence-electron chi connectivity index (χ2n) is 7.98. The summed E-state index contributed by atoms with van der Waals surface area (Å²) in [5, 5.41) is 7.42. The van der Waals surface area contributed by atoms with Gasteiger partial charge in [0, 0.05) is 30.7 Å². The van der Waals surface area contributed by atoms with Crippen LogP contribution in [0.5, 0.6) is 0 Å². The average Bonchev–Trinajstić information content (AvgIpc) is 3.26.